The summed E-state index contributed by atoms with van der Waals surface area (Å²) in [6, 6.07) is 6.03. The highest BCUT2D eigenvalue weighted by atomic mass is 32.2. The second kappa shape index (κ2) is 8.02. The van der Waals surface area contributed by atoms with E-state index in [-0.39, 0.29) is 9.90 Å². The number of carbonyl (C=O) groups excluding carboxylic acids is 1. The molecule has 0 fully saturated rings. The molecule has 0 radical (unpaired) electrons. The lowest BCUT2D eigenvalue weighted by molar-refractivity contribution is 0.0586. The Morgan fingerprint density at radius 3 is 2.54 bits per heavy atom. The van der Waals surface area contributed by atoms with E-state index in [9.17, 15) is 4.79 Å². The van der Waals surface area contributed by atoms with Gasteiger partial charge in [-0.2, -0.15) is 0 Å². The normalized spacial score (nSPS) is 14.4. The molecule has 0 atom stereocenters. The number of hydrogen-bond donors (Lipinski definition) is 0. The minimum Gasteiger partial charge on any atom is -0.493 e. The summed E-state index contributed by atoms with van der Waals surface area (Å²) in [6.45, 7) is 0.726. The fourth-order valence-electron chi connectivity index (χ4n) is 2.70. The largest absolute Gasteiger partial charge is 0.493 e. The maximum absolute atomic E-state index is 11.4. The number of nitrogens with zero attached hydrogens (tertiary/aromatic N) is 2. The molecule has 0 N–H and O–H groups in total. The number of thioether (sulfide) groups is 2. The molecule has 134 valence electrons. The topological polar surface area (TPSA) is 61.3 Å². The predicted molar refractivity (Wildman–Crippen MR) is 105 cm³/mol. The Morgan fingerprint density at radius 2 is 1.88 bits per heavy atom. The Morgan fingerprint density at radius 1 is 1.19 bits per heavy atom. The van der Waals surface area contributed by atoms with E-state index >= 15 is 0 Å². The van der Waals surface area contributed by atoms with Crippen molar-refractivity contribution in [1.29, 1.82) is 0 Å². The lowest BCUT2D eigenvalue weighted by Crippen LogP contribution is -2.26. The summed E-state index contributed by atoms with van der Waals surface area (Å²) in [6.07, 6.45) is 8.25. The van der Waals surface area contributed by atoms with Crippen LogP contribution in [0.15, 0.2) is 30.6 Å². The van der Waals surface area contributed by atoms with Crippen molar-refractivity contribution < 1.29 is 14.3 Å². The molecule has 2 aromatic rings. The zero-order valence-electron chi connectivity index (χ0n) is 14.7. The Kier molecular flexibility index (Phi) is 5.74. The van der Waals surface area contributed by atoms with E-state index in [1.54, 1.807) is 0 Å². The SMILES string of the molecule is COC(=O)c1ncc(C#Cc2ccc3c(c2)C(SC)(SC)CCO3)cn1. The number of carbonyl (C=O) groups is 1. The molecule has 1 aliphatic heterocycles. The molecule has 0 unspecified atom stereocenters. The van der Waals surface area contributed by atoms with Crippen LogP contribution >= 0.6 is 23.5 Å². The van der Waals surface area contributed by atoms with Crippen LogP contribution in [0, 0.1) is 11.8 Å². The van der Waals surface area contributed by atoms with E-state index in [1.165, 1.54) is 25.1 Å². The fraction of sp³-hybridized carbons (Fsp3) is 0.316. The number of aromatic nitrogens is 2. The van der Waals surface area contributed by atoms with E-state index in [4.69, 9.17) is 4.74 Å². The van der Waals surface area contributed by atoms with Gasteiger partial charge in [-0.15, -0.1) is 23.5 Å². The second-order valence-electron chi connectivity index (χ2n) is 5.51. The van der Waals surface area contributed by atoms with Gasteiger partial charge in [-0.05, 0) is 30.7 Å². The summed E-state index contributed by atoms with van der Waals surface area (Å²) in [5.74, 6) is 6.56. The molecule has 1 aromatic heterocycles. The zero-order chi connectivity index (χ0) is 18.6. The predicted octanol–water partition coefficient (Wildman–Crippen LogP) is 3.32. The van der Waals surface area contributed by atoms with Gasteiger partial charge >= 0.3 is 5.97 Å². The van der Waals surface area contributed by atoms with Crippen LogP contribution in [0.3, 0.4) is 0 Å². The van der Waals surface area contributed by atoms with Crippen LogP contribution < -0.4 is 4.74 Å². The number of ether oxygens (including phenoxy) is 2. The molecule has 0 amide bonds. The highest BCUT2D eigenvalue weighted by molar-refractivity contribution is 8.16. The quantitative estimate of drug-likeness (QED) is 0.455. The summed E-state index contributed by atoms with van der Waals surface area (Å²) in [5.41, 5.74) is 2.71. The summed E-state index contributed by atoms with van der Waals surface area (Å²) in [4.78, 5) is 19.3. The van der Waals surface area contributed by atoms with Crippen molar-refractivity contribution in [2.45, 2.75) is 10.5 Å². The van der Waals surface area contributed by atoms with Gasteiger partial charge in [0, 0.05) is 29.9 Å². The molecule has 0 spiro atoms. The van der Waals surface area contributed by atoms with Gasteiger partial charge in [0.15, 0.2) is 0 Å². The van der Waals surface area contributed by atoms with Crippen molar-refractivity contribution in [2.75, 3.05) is 26.2 Å². The molecule has 1 aromatic carbocycles. The number of fused-ring (bicyclic) bond motifs is 1. The van der Waals surface area contributed by atoms with E-state index in [1.807, 2.05) is 35.7 Å². The number of esters is 1. The van der Waals surface area contributed by atoms with E-state index in [0.717, 1.165) is 24.3 Å². The third-order valence-corrected chi connectivity index (χ3v) is 7.28. The van der Waals surface area contributed by atoms with Gasteiger partial charge in [0.25, 0.3) is 0 Å². The fourth-order valence-corrected chi connectivity index (χ4v) is 4.70. The first-order valence-electron chi connectivity index (χ1n) is 7.92. The van der Waals surface area contributed by atoms with Gasteiger partial charge in [0.1, 0.15) is 5.75 Å². The van der Waals surface area contributed by atoms with Crippen LogP contribution in [0.5, 0.6) is 5.75 Å². The van der Waals surface area contributed by atoms with Gasteiger partial charge in [-0.25, -0.2) is 14.8 Å². The first kappa shape index (κ1) is 18.6. The Labute approximate surface area is 161 Å². The van der Waals surface area contributed by atoms with Crippen molar-refractivity contribution in [3.63, 3.8) is 0 Å². The molecular weight excluding hydrogens is 368 g/mol. The molecule has 7 heteroatoms. The number of hydrogen-bond acceptors (Lipinski definition) is 7. The maximum Gasteiger partial charge on any atom is 0.376 e. The highest BCUT2D eigenvalue weighted by Crippen LogP contribution is 2.52. The molecule has 0 saturated carbocycles. The molecule has 2 heterocycles. The Balaban J connectivity index is 1.88. The lowest BCUT2D eigenvalue weighted by Gasteiger charge is -2.36. The number of benzene rings is 1. The van der Waals surface area contributed by atoms with Crippen LogP contribution in [0.1, 0.15) is 33.7 Å². The summed E-state index contributed by atoms with van der Waals surface area (Å²) in [7, 11) is 1.29. The molecular formula is C19H18N2O3S2. The molecule has 0 aliphatic carbocycles. The Hall–Kier alpha value is -2.17. The molecule has 0 bridgehead atoms. The van der Waals surface area contributed by atoms with Crippen LogP contribution in [-0.2, 0) is 8.82 Å². The molecule has 3 rings (SSSR count). The van der Waals surface area contributed by atoms with Crippen molar-refractivity contribution in [2.24, 2.45) is 0 Å². The van der Waals surface area contributed by atoms with Crippen molar-refractivity contribution in [3.8, 4) is 17.6 Å². The smallest absolute Gasteiger partial charge is 0.376 e. The first-order chi connectivity index (χ1) is 12.6. The average molecular weight is 386 g/mol. The van der Waals surface area contributed by atoms with Crippen LogP contribution in [0.2, 0.25) is 0 Å². The molecule has 26 heavy (non-hydrogen) atoms. The van der Waals surface area contributed by atoms with E-state index in [2.05, 4.69) is 45.1 Å². The summed E-state index contributed by atoms with van der Waals surface area (Å²) in [5, 5.41) is 0. The Bertz CT molecular complexity index is 869. The molecule has 5 nitrogen and oxygen atoms in total. The van der Waals surface area contributed by atoms with Crippen LogP contribution in [-0.4, -0.2) is 42.2 Å². The number of methoxy groups -OCH3 is 1. The minimum atomic E-state index is -0.565. The number of rotatable bonds is 3. The molecule has 0 saturated heterocycles. The van der Waals surface area contributed by atoms with E-state index in [0.29, 0.717) is 5.56 Å². The van der Waals surface area contributed by atoms with Gasteiger partial charge in [0.05, 0.1) is 23.4 Å². The van der Waals surface area contributed by atoms with Crippen LogP contribution in [0.4, 0.5) is 0 Å². The molecule has 1 aliphatic rings. The lowest BCUT2D eigenvalue weighted by atomic mass is 10.0. The second-order valence-corrected chi connectivity index (χ2v) is 7.98. The van der Waals surface area contributed by atoms with Gasteiger partial charge in [0.2, 0.25) is 5.82 Å². The maximum atomic E-state index is 11.4. The first-order valence-corrected chi connectivity index (χ1v) is 10.4. The van der Waals surface area contributed by atoms with E-state index < -0.39 is 5.97 Å². The summed E-state index contributed by atoms with van der Waals surface area (Å²) < 4.78 is 10.4. The average Bonchev–Trinajstić information content (AvgIpc) is 2.71. The van der Waals surface area contributed by atoms with Crippen molar-refractivity contribution in [3.05, 3.63) is 53.1 Å². The third-order valence-electron chi connectivity index (χ3n) is 4.11. The summed E-state index contributed by atoms with van der Waals surface area (Å²) >= 11 is 3.67. The van der Waals surface area contributed by atoms with Gasteiger partial charge in [-0.1, -0.05) is 11.8 Å². The van der Waals surface area contributed by atoms with Gasteiger partial charge < -0.3 is 9.47 Å². The van der Waals surface area contributed by atoms with Crippen molar-refractivity contribution >= 4 is 29.5 Å². The monoisotopic (exact) mass is 386 g/mol. The minimum absolute atomic E-state index is 0.00343. The third kappa shape index (κ3) is 3.67. The zero-order valence-corrected chi connectivity index (χ0v) is 16.4. The standard InChI is InChI=1S/C19H18N2O3S2/c1-23-18(22)17-20-11-14(12-21-17)5-4-13-6-7-16-15(10-13)19(25-2,26-3)8-9-24-16/h6-7,10-12H,8-9H2,1-3H3. The van der Waals surface area contributed by atoms with Gasteiger partial charge in [-0.3, -0.25) is 0 Å². The van der Waals surface area contributed by atoms with Crippen molar-refractivity contribution in [1.82, 2.24) is 9.97 Å². The highest BCUT2D eigenvalue weighted by Gasteiger charge is 2.36. The van der Waals surface area contributed by atoms with Crippen LogP contribution in [0.25, 0.3) is 0 Å².